The van der Waals surface area contributed by atoms with Gasteiger partial charge in [0.25, 0.3) is 10.9 Å². The van der Waals surface area contributed by atoms with Gasteiger partial charge in [-0.05, 0) is 17.7 Å². The van der Waals surface area contributed by atoms with Crippen LogP contribution in [0.3, 0.4) is 0 Å². The molecular formula is C28H27N5O4. The average Bonchev–Trinajstić information content (AvgIpc) is 3.37. The molecular weight excluding hydrogens is 470 g/mol. The highest BCUT2D eigenvalue weighted by atomic mass is 16.5. The van der Waals surface area contributed by atoms with Crippen molar-refractivity contribution in [1.29, 1.82) is 0 Å². The van der Waals surface area contributed by atoms with E-state index in [4.69, 9.17) is 4.74 Å². The third-order valence-corrected chi connectivity index (χ3v) is 7.15. The Kier molecular flexibility index (Phi) is 6.15. The molecule has 2 N–H and O–H groups in total. The Labute approximate surface area is 213 Å². The van der Waals surface area contributed by atoms with Gasteiger partial charge in [-0.3, -0.25) is 19.5 Å². The molecule has 1 atom stereocenters. The molecule has 0 radical (unpaired) electrons. The van der Waals surface area contributed by atoms with E-state index in [1.54, 1.807) is 0 Å². The lowest BCUT2D eigenvalue weighted by atomic mass is 9.97. The number of anilines is 2. The summed E-state index contributed by atoms with van der Waals surface area (Å²) in [5.41, 5.74) is 3.16. The lowest BCUT2D eigenvalue weighted by molar-refractivity contribution is 0.0950. The zero-order chi connectivity index (χ0) is 25.4. The molecule has 37 heavy (non-hydrogen) atoms. The van der Waals surface area contributed by atoms with E-state index in [0.717, 1.165) is 22.2 Å². The van der Waals surface area contributed by atoms with Gasteiger partial charge in [0, 0.05) is 43.7 Å². The molecule has 0 saturated carbocycles. The first-order valence-electron chi connectivity index (χ1n) is 12.5. The van der Waals surface area contributed by atoms with E-state index >= 15 is 0 Å². The number of morpholine rings is 1. The van der Waals surface area contributed by atoms with Crippen LogP contribution in [-0.4, -0.2) is 68.0 Å². The standard InChI is InChI=1S/C28H27N5O4/c34-26(19-8-5-18(6-9-19)7-10-22-20-3-1-2-4-21(20)30-31-22)23-17-29-11-12-33(23)25-24(27(35)28(25)36)32-13-15-37-16-14-32/h1-10,23,29H,11-17H2,(H,30,31). The monoisotopic (exact) mass is 497 g/mol. The number of ether oxygens (including phenoxy) is 1. The van der Waals surface area contributed by atoms with E-state index < -0.39 is 16.9 Å². The number of rotatable bonds is 6. The minimum Gasteiger partial charge on any atom is -0.378 e. The Balaban J connectivity index is 1.22. The van der Waals surface area contributed by atoms with Gasteiger partial charge in [0.05, 0.1) is 24.4 Å². The highest BCUT2D eigenvalue weighted by Gasteiger charge is 2.37. The smallest absolute Gasteiger partial charge is 0.253 e. The van der Waals surface area contributed by atoms with Crippen LogP contribution in [-0.2, 0) is 4.74 Å². The quantitative estimate of drug-likeness (QED) is 0.307. The van der Waals surface area contributed by atoms with Crippen LogP contribution >= 0.6 is 0 Å². The molecule has 3 aromatic carbocycles. The number of hydrogen-bond acceptors (Lipinski definition) is 8. The Morgan fingerprint density at radius 1 is 0.946 bits per heavy atom. The van der Waals surface area contributed by atoms with Crippen LogP contribution in [0.4, 0.5) is 11.4 Å². The van der Waals surface area contributed by atoms with Crippen LogP contribution in [0.1, 0.15) is 21.6 Å². The number of nitrogens with zero attached hydrogens (tertiary/aromatic N) is 3. The maximum absolute atomic E-state index is 13.6. The number of ketones is 1. The molecule has 1 unspecified atom stereocenters. The molecule has 188 valence electrons. The number of fused-ring (bicyclic) bond motifs is 1. The van der Waals surface area contributed by atoms with Gasteiger partial charge in [-0.2, -0.15) is 5.10 Å². The first-order valence-corrected chi connectivity index (χ1v) is 12.5. The number of benzene rings is 2. The second-order valence-electron chi connectivity index (χ2n) is 9.34. The summed E-state index contributed by atoms with van der Waals surface area (Å²) in [7, 11) is 0. The molecule has 3 heterocycles. The lowest BCUT2D eigenvalue weighted by Crippen LogP contribution is -2.59. The van der Waals surface area contributed by atoms with Crippen molar-refractivity contribution < 1.29 is 9.53 Å². The maximum Gasteiger partial charge on any atom is 0.253 e. The lowest BCUT2D eigenvalue weighted by Gasteiger charge is -2.40. The molecule has 4 aromatic rings. The Morgan fingerprint density at radius 3 is 2.51 bits per heavy atom. The first-order chi connectivity index (χ1) is 18.1. The molecule has 2 aliphatic rings. The van der Waals surface area contributed by atoms with Gasteiger partial charge >= 0.3 is 0 Å². The number of Topliss-reactive ketones (excluding diaryl/α,β-unsaturated/α-hetero) is 1. The molecule has 9 heteroatoms. The third-order valence-electron chi connectivity index (χ3n) is 7.15. The molecule has 2 saturated heterocycles. The fourth-order valence-corrected chi connectivity index (χ4v) is 5.16. The number of aromatic nitrogens is 2. The van der Waals surface area contributed by atoms with Crippen LogP contribution in [0.15, 0.2) is 58.1 Å². The molecule has 0 bridgehead atoms. The molecule has 9 nitrogen and oxygen atoms in total. The van der Waals surface area contributed by atoms with Crippen molar-refractivity contribution in [1.82, 2.24) is 15.5 Å². The minimum atomic E-state index is -0.561. The summed E-state index contributed by atoms with van der Waals surface area (Å²) in [4.78, 5) is 42.4. The van der Waals surface area contributed by atoms with E-state index in [0.29, 0.717) is 62.9 Å². The molecule has 0 amide bonds. The predicted octanol–water partition coefficient (Wildman–Crippen LogP) is 1.83. The molecule has 0 aliphatic carbocycles. The Hall–Kier alpha value is -4.08. The zero-order valence-electron chi connectivity index (χ0n) is 20.3. The minimum absolute atomic E-state index is 0.0815. The van der Waals surface area contributed by atoms with Gasteiger partial charge in [-0.1, -0.05) is 48.5 Å². The Morgan fingerprint density at radius 2 is 1.70 bits per heavy atom. The van der Waals surface area contributed by atoms with Crippen molar-refractivity contribution >= 4 is 40.2 Å². The van der Waals surface area contributed by atoms with Gasteiger partial charge in [0.1, 0.15) is 17.4 Å². The molecule has 1 aromatic heterocycles. The average molecular weight is 498 g/mol. The summed E-state index contributed by atoms with van der Waals surface area (Å²) in [6, 6.07) is 14.8. The van der Waals surface area contributed by atoms with Crippen molar-refractivity contribution in [3.05, 3.63) is 85.8 Å². The summed E-state index contributed by atoms with van der Waals surface area (Å²) in [6.45, 7) is 3.68. The van der Waals surface area contributed by atoms with Crippen molar-refractivity contribution in [3.63, 3.8) is 0 Å². The second-order valence-corrected chi connectivity index (χ2v) is 9.34. The highest BCUT2D eigenvalue weighted by Crippen LogP contribution is 2.28. The zero-order valence-corrected chi connectivity index (χ0v) is 20.3. The normalized spacial score (nSPS) is 18.8. The van der Waals surface area contributed by atoms with Gasteiger partial charge in [-0.25, -0.2) is 0 Å². The predicted molar refractivity (Wildman–Crippen MR) is 144 cm³/mol. The largest absolute Gasteiger partial charge is 0.378 e. The van der Waals surface area contributed by atoms with E-state index in [1.165, 1.54) is 0 Å². The number of carbonyl (C=O) groups excluding carboxylic acids is 1. The van der Waals surface area contributed by atoms with E-state index in [-0.39, 0.29) is 5.78 Å². The number of nitrogens with one attached hydrogen (secondary N) is 2. The van der Waals surface area contributed by atoms with E-state index in [1.807, 2.05) is 70.5 Å². The summed E-state index contributed by atoms with van der Waals surface area (Å²) in [6.07, 6.45) is 3.91. The number of aromatic amines is 1. The van der Waals surface area contributed by atoms with Crippen LogP contribution in [0.25, 0.3) is 23.1 Å². The van der Waals surface area contributed by atoms with Gasteiger partial charge in [0.15, 0.2) is 5.78 Å². The number of carbonyl (C=O) groups is 1. The number of para-hydroxylation sites is 1. The van der Waals surface area contributed by atoms with Crippen molar-refractivity contribution in [2.75, 3.05) is 55.7 Å². The second kappa shape index (κ2) is 9.76. The fraction of sp³-hybridized carbons (Fsp3) is 0.286. The Bertz CT molecular complexity index is 1540. The van der Waals surface area contributed by atoms with Crippen molar-refractivity contribution in [2.45, 2.75) is 6.04 Å². The molecule has 2 fully saturated rings. The number of hydrogen-bond donors (Lipinski definition) is 2. The highest BCUT2D eigenvalue weighted by molar-refractivity contribution is 6.03. The van der Waals surface area contributed by atoms with E-state index in [2.05, 4.69) is 15.5 Å². The van der Waals surface area contributed by atoms with Gasteiger partial charge in [-0.15, -0.1) is 0 Å². The summed E-state index contributed by atoms with van der Waals surface area (Å²) in [5.74, 6) is -0.0815. The third kappa shape index (κ3) is 4.26. The summed E-state index contributed by atoms with van der Waals surface area (Å²) < 4.78 is 5.40. The van der Waals surface area contributed by atoms with Crippen LogP contribution in [0, 0.1) is 0 Å². The van der Waals surface area contributed by atoms with E-state index in [9.17, 15) is 14.4 Å². The summed E-state index contributed by atoms with van der Waals surface area (Å²) >= 11 is 0. The molecule has 0 spiro atoms. The number of H-pyrrole nitrogens is 1. The SMILES string of the molecule is O=C(c1ccc(C=Cc2n[nH]c3ccccc23)cc1)C1CNCCN1c1c(N2CCOCC2)c(=O)c1=O. The van der Waals surface area contributed by atoms with Crippen LogP contribution in [0.5, 0.6) is 0 Å². The summed E-state index contributed by atoms with van der Waals surface area (Å²) in [5, 5.41) is 11.7. The van der Waals surface area contributed by atoms with Gasteiger partial charge in [0.2, 0.25) is 0 Å². The molecule has 2 aliphatic heterocycles. The van der Waals surface area contributed by atoms with Crippen LogP contribution in [0.2, 0.25) is 0 Å². The number of piperazine rings is 1. The van der Waals surface area contributed by atoms with Crippen LogP contribution < -0.4 is 26.0 Å². The van der Waals surface area contributed by atoms with Crippen molar-refractivity contribution in [2.24, 2.45) is 0 Å². The first kappa shape index (κ1) is 23.3. The maximum atomic E-state index is 13.6. The topological polar surface area (TPSA) is 108 Å². The van der Waals surface area contributed by atoms with Gasteiger partial charge < -0.3 is 19.9 Å². The van der Waals surface area contributed by atoms with Crippen molar-refractivity contribution in [3.8, 4) is 0 Å². The fourth-order valence-electron chi connectivity index (χ4n) is 5.16. The molecule has 6 rings (SSSR count).